The van der Waals surface area contributed by atoms with Crippen LogP contribution < -0.4 is 10.6 Å². The van der Waals surface area contributed by atoms with Crippen LogP contribution in [-0.2, 0) is 43.7 Å². The molecule has 0 aromatic carbocycles. The molecule has 0 unspecified atom stereocenters. The molecule has 0 saturated carbocycles. The standard InChI is InChI=1S/C8H18N4.2C2H3O2.2Mn/c1-2-10-5-6-12-8-7-11-4-3-9-1;2*1-2(3)4;;/h9-10H,1-8H2;2*1H2,(H,3,4);;/q-2;2*-1;2*+2. The van der Waals surface area contributed by atoms with Gasteiger partial charge in [-0.3, -0.25) is 23.4 Å². The molecule has 1 aliphatic heterocycles. The van der Waals surface area contributed by atoms with Crippen molar-refractivity contribution in [2.45, 2.75) is 0 Å². The van der Waals surface area contributed by atoms with Gasteiger partial charge >= 0.3 is 34.1 Å². The van der Waals surface area contributed by atoms with Crippen LogP contribution in [-0.4, -0.2) is 74.5 Å². The van der Waals surface area contributed by atoms with Crippen LogP contribution in [0.2, 0.25) is 0 Å². The van der Waals surface area contributed by atoms with Gasteiger partial charge in [0.1, 0.15) is 0 Å². The Kier molecular flexibility index (Phi) is 34.3. The summed E-state index contributed by atoms with van der Waals surface area (Å²) in [7, 11) is 0. The van der Waals surface area contributed by atoms with E-state index in [-0.39, 0.29) is 34.1 Å². The van der Waals surface area contributed by atoms with Crippen LogP contribution in [0.15, 0.2) is 0 Å². The summed E-state index contributed by atoms with van der Waals surface area (Å²) in [5, 5.41) is 29.9. The Labute approximate surface area is 153 Å². The van der Waals surface area contributed by atoms with Crippen molar-refractivity contribution in [3.63, 3.8) is 0 Å². The summed E-state index contributed by atoms with van der Waals surface area (Å²) in [6.45, 7) is 12.8. The molecule has 0 spiro atoms. The van der Waals surface area contributed by atoms with E-state index in [2.05, 4.69) is 35.1 Å². The van der Waals surface area contributed by atoms with Crippen molar-refractivity contribution in [1.82, 2.24) is 10.6 Å². The van der Waals surface area contributed by atoms with E-state index in [0.29, 0.717) is 0 Å². The van der Waals surface area contributed by atoms with Crippen molar-refractivity contribution in [1.29, 1.82) is 0 Å². The fourth-order valence-corrected chi connectivity index (χ4v) is 1.11. The minimum Gasteiger partial charge on any atom is -0.663 e. The van der Waals surface area contributed by atoms with Crippen LogP contribution in [0.1, 0.15) is 0 Å². The van der Waals surface area contributed by atoms with Gasteiger partial charge in [0.15, 0.2) is 11.9 Å². The van der Waals surface area contributed by atoms with E-state index < -0.39 is 11.9 Å². The quantitative estimate of drug-likeness (QED) is 0.329. The van der Waals surface area contributed by atoms with Crippen molar-refractivity contribution < 1.29 is 53.9 Å². The Hall–Kier alpha value is -0.441. The molecule has 10 heteroatoms. The number of carboxylic acids is 2. The van der Waals surface area contributed by atoms with Gasteiger partial charge in [-0.05, 0) is 13.1 Å². The van der Waals surface area contributed by atoms with Gasteiger partial charge in [0.2, 0.25) is 0 Å². The summed E-state index contributed by atoms with van der Waals surface area (Å²) in [5.41, 5.74) is 0. The van der Waals surface area contributed by atoms with Crippen LogP contribution in [0, 0.1) is 13.8 Å². The van der Waals surface area contributed by atoms with Crippen LogP contribution in [0.25, 0.3) is 10.6 Å². The topological polar surface area (TPSA) is 127 Å². The smallest absolute Gasteiger partial charge is 0.663 e. The molecule has 1 rings (SSSR count). The molecule has 0 aromatic rings. The van der Waals surface area contributed by atoms with Crippen molar-refractivity contribution in [2.24, 2.45) is 0 Å². The Balaban J connectivity index is -0.000000138. The number of nitrogens with zero attached hydrogens (tertiary/aromatic N) is 2. The normalized spacial score (nSPS) is 15.3. The average molecular weight is 398 g/mol. The molecule has 0 aromatic heterocycles. The number of rotatable bonds is 0. The zero-order valence-corrected chi connectivity index (χ0v) is 14.8. The third-order valence-corrected chi connectivity index (χ3v) is 1.79. The maximum atomic E-state index is 8.89. The molecule has 8 nitrogen and oxygen atoms in total. The summed E-state index contributed by atoms with van der Waals surface area (Å²) in [4.78, 5) is 17.8. The van der Waals surface area contributed by atoms with Crippen LogP contribution in [0.3, 0.4) is 0 Å². The number of carbonyl (C=O) groups is 2. The minimum atomic E-state index is -1.08. The second-order valence-corrected chi connectivity index (χ2v) is 3.63. The van der Waals surface area contributed by atoms with Gasteiger partial charge in [-0.2, -0.15) is 13.1 Å². The molecule has 1 fully saturated rings. The largest absolute Gasteiger partial charge is 2.00 e. The monoisotopic (exact) mass is 398 g/mol. The first-order valence-electron chi connectivity index (χ1n) is 6.24. The first-order valence-corrected chi connectivity index (χ1v) is 6.24. The van der Waals surface area contributed by atoms with Gasteiger partial charge in [0.25, 0.3) is 0 Å². The average Bonchev–Trinajstić information content (AvgIpc) is 2.28. The van der Waals surface area contributed by atoms with Gasteiger partial charge in [0, 0.05) is 13.1 Å². The molecule has 1 heterocycles. The molecule has 0 atom stereocenters. The first-order chi connectivity index (χ1) is 9.46. The van der Waals surface area contributed by atoms with Crippen LogP contribution in [0.4, 0.5) is 0 Å². The second kappa shape index (κ2) is 25.5. The summed E-state index contributed by atoms with van der Waals surface area (Å²) in [6.07, 6.45) is 0. The fourth-order valence-electron chi connectivity index (χ4n) is 1.11. The van der Waals surface area contributed by atoms with Gasteiger partial charge in [-0.15, -0.1) is 13.1 Å². The molecule has 1 saturated heterocycles. The van der Waals surface area contributed by atoms with E-state index in [4.69, 9.17) is 19.8 Å². The Bertz CT molecular complexity index is 186. The van der Waals surface area contributed by atoms with E-state index >= 15 is 0 Å². The van der Waals surface area contributed by atoms with E-state index in [1.807, 2.05) is 0 Å². The molecule has 22 heavy (non-hydrogen) atoms. The summed E-state index contributed by atoms with van der Waals surface area (Å²) in [6, 6.07) is 0. The summed E-state index contributed by atoms with van der Waals surface area (Å²) >= 11 is 0. The van der Waals surface area contributed by atoms with Crippen molar-refractivity contribution in [2.75, 3.05) is 52.4 Å². The van der Waals surface area contributed by atoms with E-state index in [0.717, 1.165) is 52.4 Å². The van der Waals surface area contributed by atoms with Gasteiger partial charge in [0.05, 0.1) is 0 Å². The van der Waals surface area contributed by atoms with Crippen LogP contribution in [0.5, 0.6) is 0 Å². The molecular weight excluding hydrogens is 374 g/mol. The number of nitrogens with one attached hydrogen (secondary N) is 2. The maximum absolute atomic E-state index is 8.89. The van der Waals surface area contributed by atoms with E-state index in [1.54, 1.807) is 0 Å². The zero-order valence-electron chi connectivity index (χ0n) is 12.4. The number of carboxylic acid groups (broad SMARTS) is 2. The van der Waals surface area contributed by atoms with Gasteiger partial charge in [-0.1, -0.05) is 0 Å². The maximum Gasteiger partial charge on any atom is 2.00 e. The molecule has 0 aliphatic carbocycles. The minimum absolute atomic E-state index is 0. The SMILES string of the molecule is C1C[N-]CCNCCNCC[N-]1.[CH2-]C(=O)O.[CH2-]C(=O)O.[Mn+2].[Mn+2]. The van der Waals surface area contributed by atoms with E-state index in [9.17, 15) is 0 Å². The predicted octanol–water partition coefficient (Wildman–Crippen LogP) is -0.268. The van der Waals surface area contributed by atoms with Gasteiger partial charge in [-0.25, -0.2) is 0 Å². The molecular formula is C12H24Mn2N4O4. The summed E-state index contributed by atoms with van der Waals surface area (Å²) < 4.78 is 0. The first kappa shape index (κ1) is 29.6. The van der Waals surface area contributed by atoms with Crippen molar-refractivity contribution in [3.05, 3.63) is 24.5 Å². The number of aliphatic carboxylic acids is 2. The fraction of sp³-hybridized carbons (Fsp3) is 0.667. The third-order valence-electron chi connectivity index (χ3n) is 1.79. The Morgan fingerprint density at radius 2 is 1.00 bits per heavy atom. The van der Waals surface area contributed by atoms with Gasteiger partial charge < -0.3 is 31.5 Å². The van der Waals surface area contributed by atoms with Crippen molar-refractivity contribution in [3.8, 4) is 0 Å². The Morgan fingerprint density at radius 1 is 0.727 bits per heavy atom. The van der Waals surface area contributed by atoms with E-state index in [1.165, 1.54) is 0 Å². The number of hydrogen-bond donors (Lipinski definition) is 4. The van der Waals surface area contributed by atoms with Crippen LogP contribution >= 0.6 is 0 Å². The molecule has 4 N–H and O–H groups in total. The molecule has 130 valence electrons. The second-order valence-electron chi connectivity index (χ2n) is 3.63. The summed E-state index contributed by atoms with van der Waals surface area (Å²) in [5.74, 6) is -2.17. The molecule has 0 bridgehead atoms. The molecule has 2 radical (unpaired) electrons. The number of hydrogen-bond acceptors (Lipinski definition) is 4. The zero-order chi connectivity index (χ0) is 15.6. The third kappa shape index (κ3) is 50.4. The molecule has 1 aliphatic rings. The Morgan fingerprint density at radius 3 is 1.27 bits per heavy atom. The van der Waals surface area contributed by atoms with Crippen molar-refractivity contribution >= 4 is 11.9 Å². The molecule has 0 amide bonds. The predicted molar refractivity (Wildman–Crippen MR) is 77.9 cm³/mol.